The zero-order valence-corrected chi connectivity index (χ0v) is 4.41. The normalized spacial score (nSPS) is 32.6. The Hall–Kier alpha value is -0.0400. The number of hydrogen-bond donors (Lipinski definition) is 1. The molecule has 3 rings (SSSR count). The summed E-state index contributed by atoms with van der Waals surface area (Å²) in [6.07, 6.45) is 2.88. The molecule has 1 radical (unpaired) electrons. The van der Waals surface area contributed by atoms with Gasteiger partial charge in [-0.05, 0) is 31.2 Å². The summed E-state index contributed by atoms with van der Waals surface area (Å²) >= 11 is 0. The maximum Gasteiger partial charge on any atom is 0.00140 e. The van der Waals surface area contributed by atoms with Gasteiger partial charge in [-0.2, -0.15) is 0 Å². The van der Waals surface area contributed by atoms with Gasteiger partial charge in [0.25, 0.3) is 0 Å². The van der Waals surface area contributed by atoms with Crippen LogP contribution in [0.2, 0.25) is 0 Å². The van der Waals surface area contributed by atoms with E-state index in [9.17, 15) is 0 Å². The minimum atomic E-state index is 1.03. The number of rotatable bonds is 0. The summed E-state index contributed by atoms with van der Waals surface area (Å²) in [4.78, 5) is 0. The Morgan fingerprint density at radius 1 is 1.43 bits per heavy atom. The van der Waals surface area contributed by atoms with Crippen molar-refractivity contribution in [2.75, 3.05) is 13.1 Å². The molecule has 39 valence electrons. The molecule has 3 aliphatic rings. The van der Waals surface area contributed by atoms with Crippen molar-refractivity contribution in [1.29, 1.82) is 0 Å². The second-order valence-corrected chi connectivity index (χ2v) is 2.66. The van der Waals surface area contributed by atoms with E-state index in [-0.39, 0.29) is 0 Å². The van der Waals surface area contributed by atoms with Crippen molar-refractivity contribution in [3.05, 3.63) is 5.92 Å². The number of nitrogens with one attached hydrogen (secondary N) is 1. The van der Waals surface area contributed by atoms with E-state index in [2.05, 4.69) is 5.32 Å². The molecule has 0 aromatic carbocycles. The Bertz CT molecular complexity index is 60.7. The minimum absolute atomic E-state index is 1.03. The molecule has 0 aromatic rings. The van der Waals surface area contributed by atoms with Gasteiger partial charge in [-0.1, -0.05) is 0 Å². The quantitative estimate of drug-likeness (QED) is 0.465. The van der Waals surface area contributed by atoms with E-state index in [0.717, 1.165) is 5.92 Å². The van der Waals surface area contributed by atoms with Crippen LogP contribution in [0, 0.1) is 11.8 Å². The van der Waals surface area contributed by atoms with E-state index in [0.29, 0.717) is 0 Å². The lowest BCUT2D eigenvalue weighted by Gasteiger charge is -2.40. The highest BCUT2D eigenvalue weighted by Crippen LogP contribution is 2.37. The van der Waals surface area contributed by atoms with Crippen LogP contribution in [0.15, 0.2) is 0 Å². The zero-order chi connectivity index (χ0) is 4.69. The van der Waals surface area contributed by atoms with Gasteiger partial charge in [0.1, 0.15) is 0 Å². The fourth-order valence-electron chi connectivity index (χ4n) is 1.50. The largest absolute Gasteiger partial charge is 0.316 e. The highest BCUT2D eigenvalue weighted by atomic mass is 14.9. The SMILES string of the molecule is C1NCC2C[C]1C2. The molecule has 0 unspecified atom stereocenters. The summed E-state index contributed by atoms with van der Waals surface area (Å²) in [5, 5.41) is 3.35. The molecule has 2 bridgehead atoms. The van der Waals surface area contributed by atoms with Crippen LogP contribution >= 0.6 is 0 Å². The lowest BCUT2D eigenvalue weighted by Crippen LogP contribution is -2.44. The van der Waals surface area contributed by atoms with E-state index in [1.807, 2.05) is 0 Å². The molecular formula is C6H10N. The molecule has 7 heavy (non-hydrogen) atoms. The van der Waals surface area contributed by atoms with Gasteiger partial charge in [-0.25, -0.2) is 0 Å². The molecule has 2 saturated heterocycles. The molecule has 1 nitrogen and oxygen atoms in total. The van der Waals surface area contributed by atoms with Crippen LogP contribution in [-0.4, -0.2) is 13.1 Å². The Labute approximate surface area is 44.1 Å². The van der Waals surface area contributed by atoms with Gasteiger partial charge in [0.05, 0.1) is 0 Å². The lowest BCUT2D eigenvalue weighted by atomic mass is 9.72. The first-order valence-corrected chi connectivity index (χ1v) is 2.99. The number of piperidine rings is 2. The van der Waals surface area contributed by atoms with Gasteiger partial charge >= 0.3 is 0 Å². The summed E-state index contributed by atoms with van der Waals surface area (Å²) in [5.41, 5.74) is 0. The second-order valence-electron chi connectivity index (χ2n) is 2.66. The van der Waals surface area contributed by atoms with Crippen molar-refractivity contribution in [3.8, 4) is 0 Å². The Morgan fingerprint density at radius 3 is 2.43 bits per heavy atom. The molecule has 3 fully saturated rings. The average molecular weight is 96.2 g/mol. The maximum absolute atomic E-state index is 3.35. The van der Waals surface area contributed by atoms with Gasteiger partial charge in [0, 0.05) is 6.54 Å². The van der Waals surface area contributed by atoms with E-state index in [1.165, 1.54) is 25.9 Å². The maximum atomic E-state index is 3.35. The molecule has 1 saturated carbocycles. The van der Waals surface area contributed by atoms with Crippen molar-refractivity contribution < 1.29 is 0 Å². The van der Waals surface area contributed by atoms with Crippen LogP contribution < -0.4 is 5.32 Å². The molecular weight excluding hydrogens is 86.1 g/mol. The predicted molar refractivity (Wildman–Crippen MR) is 28.8 cm³/mol. The lowest BCUT2D eigenvalue weighted by molar-refractivity contribution is 0.272. The smallest absolute Gasteiger partial charge is 0.00140 e. The minimum Gasteiger partial charge on any atom is -0.316 e. The van der Waals surface area contributed by atoms with Crippen molar-refractivity contribution in [1.82, 2.24) is 5.32 Å². The molecule has 2 aliphatic heterocycles. The van der Waals surface area contributed by atoms with Gasteiger partial charge in [-0.3, -0.25) is 0 Å². The highest BCUT2D eigenvalue weighted by Gasteiger charge is 2.32. The third-order valence-electron chi connectivity index (χ3n) is 1.96. The Balaban J connectivity index is 1.99. The van der Waals surface area contributed by atoms with Crippen LogP contribution in [0.25, 0.3) is 0 Å². The summed E-state index contributed by atoms with van der Waals surface area (Å²) in [6, 6.07) is 0. The monoisotopic (exact) mass is 96.1 g/mol. The summed E-state index contributed by atoms with van der Waals surface area (Å²) in [7, 11) is 0. The van der Waals surface area contributed by atoms with Crippen LogP contribution in [-0.2, 0) is 0 Å². The third-order valence-corrected chi connectivity index (χ3v) is 1.96. The molecule has 0 spiro atoms. The van der Waals surface area contributed by atoms with E-state index in [1.54, 1.807) is 5.92 Å². The summed E-state index contributed by atoms with van der Waals surface area (Å²) in [6.45, 7) is 2.50. The summed E-state index contributed by atoms with van der Waals surface area (Å²) < 4.78 is 0. The van der Waals surface area contributed by atoms with Crippen LogP contribution in [0.5, 0.6) is 0 Å². The topological polar surface area (TPSA) is 12.0 Å². The standard InChI is InChI=1S/C6H10N/c1-5-2-6(1)4-7-3-5/h5,7H,1-4H2. The van der Waals surface area contributed by atoms with E-state index in [4.69, 9.17) is 0 Å². The van der Waals surface area contributed by atoms with E-state index >= 15 is 0 Å². The van der Waals surface area contributed by atoms with Gasteiger partial charge in [0.2, 0.25) is 0 Å². The fraction of sp³-hybridized carbons (Fsp3) is 0.833. The first-order valence-electron chi connectivity index (χ1n) is 2.99. The van der Waals surface area contributed by atoms with Crippen LogP contribution in [0.3, 0.4) is 0 Å². The van der Waals surface area contributed by atoms with Crippen molar-refractivity contribution in [2.45, 2.75) is 12.8 Å². The second kappa shape index (κ2) is 1.22. The number of hydrogen-bond acceptors (Lipinski definition) is 1. The molecule has 1 aliphatic carbocycles. The predicted octanol–water partition coefficient (Wildman–Crippen LogP) is 0.574. The molecule has 2 heterocycles. The van der Waals surface area contributed by atoms with Crippen molar-refractivity contribution in [3.63, 3.8) is 0 Å². The molecule has 1 heteroatoms. The molecule has 0 aromatic heterocycles. The van der Waals surface area contributed by atoms with Gasteiger partial charge < -0.3 is 5.32 Å². The third kappa shape index (κ3) is 0.480. The Kier molecular flexibility index (Phi) is 0.680. The molecule has 0 amide bonds. The number of fused-ring (bicyclic) bond motifs is 2. The highest BCUT2D eigenvalue weighted by molar-refractivity contribution is 5.09. The van der Waals surface area contributed by atoms with Crippen molar-refractivity contribution >= 4 is 0 Å². The Morgan fingerprint density at radius 2 is 2.29 bits per heavy atom. The van der Waals surface area contributed by atoms with Crippen LogP contribution in [0.1, 0.15) is 12.8 Å². The fourth-order valence-corrected chi connectivity index (χ4v) is 1.50. The summed E-state index contributed by atoms with van der Waals surface area (Å²) in [5.74, 6) is 2.78. The molecule has 0 atom stereocenters. The van der Waals surface area contributed by atoms with Crippen molar-refractivity contribution in [2.24, 2.45) is 5.92 Å². The van der Waals surface area contributed by atoms with Crippen LogP contribution in [0.4, 0.5) is 0 Å². The average Bonchev–Trinajstić information content (AvgIpc) is 1.67. The first kappa shape index (κ1) is 3.90. The van der Waals surface area contributed by atoms with Gasteiger partial charge in [0.15, 0.2) is 0 Å². The first-order chi connectivity index (χ1) is 3.45. The van der Waals surface area contributed by atoms with E-state index < -0.39 is 0 Å². The van der Waals surface area contributed by atoms with Gasteiger partial charge in [-0.15, -0.1) is 0 Å². The molecule has 1 N–H and O–H groups in total. The zero-order valence-electron chi connectivity index (χ0n) is 4.41.